The molecule has 0 radical (unpaired) electrons. The number of amides is 1. The van der Waals surface area contributed by atoms with Crippen molar-refractivity contribution in [2.75, 3.05) is 19.8 Å². The lowest BCUT2D eigenvalue weighted by Gasteiger charge is -2.29. The summed E-state index contributed by atoms with van der Waals surface area (Å²) in [6, 6.07) is 8.75. The van der Waals surface area contributed by atoms with E-state index in [2.05, 4.69) is 5.10 Å². The van der Waals surface area contributed by atoms with E-state index in [0.29, 0.717) is 31.0 Å². The van der Waals surface area contributed by atoms with Crippen LogP contribution in [0.4, 0.5) is 0 Å². The smallest absolute Gasteiger partial charge is 0.255 e. The van der Waals surface area contributed by atoms with E-state index in [1.54, 1.807) is 36.4 Å². The van der Waals surface area contributed by atoms with Crippen LogP contribution in [-0.2, 0) is 7.05 Å². The summed E-state index contributed by atoms with van der Waals surface area (Å²) in [4.78, 5) is 27.6. The number of carbonyl (C=O) groups is 1. The number of ether oxygens (including phenoxy) is 2. The zero-order valence-corrected chi connectivity index (χ0v) is 16.7. The Kier molecular flexibility index (Phi) is 4.54. The maximum atomic E-state index is 13.4. The van der Waals surface area contributed by atoms with Crippen molar-refractivity contribution in [1.29, 1.82) is 0 Å². The number of carbonyl (C=O) groups excluding carboxylic acids is 1. The molecule has 0 aliphatic carbocycles. The van der Waals surface area contributed by atoms with E-state index in [1.807, 2.05) is 23.1 Å². The third-order valence-corrected chi connectivity index (χ3v) is 5.60. The summed E-state index contributed by atoms with van der Waals surface area (Å²) in [6.07, 6.45) is 6.69. The van der Waals surface area contributed by atoms with Gasteiger partial charge in [0.25, 0.3) is 11.5 Å². The molecule has 154 valence electrons. The van der Waals surface area contributed by atoms with Crippen LogP contribution in [0, 0.1) is 0 Å². The van der Waals surface area contributed by atoms with Crippen molar-refractivity contribution < 1.29 is 14.3 Å². The summed E-state index contributed by atoms with van der Waals surface area (Å²) < 4.78 is 14.7. The van der Waals surface area contributed by atoms with E-state index in [9.17, 15) is 9.59 Å². The van der Waals surface area contributed by atoms with Gasteiger partial charge in [0.1, 0.15) is 13.2 Å². The average Bonchev–Trinajstić information content (AvgIpc) is 3.42. The van der Waals surface area contributed by atoms with Crippen molar-refractivity contribution in [3.63, 3.8) is 0 Å². The van der Waals surface area contributed by atoms with Crippen molar-refractivity contribution >= 4 is 5.91 Å². The van der Waals surface area contributed by atoms with Gasteiger partial charge in [0.05, 0.1) is 23.5 Å². The van der Waals surface area contributed by atoms with Gasteiger partial charge in [-0.1, -0.05) is 12.1 Å². The van der Waals surface area contributed by atoms with E-state index < -0.39 is 0 Å². The first-order valence-electron chi connectivity index (χ1n) is 10.0. The van der Waals surface area contributed by atoms with Crippen molar-refractivity contribution in [1.82, 2.24) is 19.2 Å². The molecule has 3 aromatic rings. The number of aryl methyl sites for hydroxylation is 1. The Hall–Kier alpha value is -3.55. The summed E-state index contributed by atoms with van der Waals surface area (Å²) in [5, 5.41) is 4.11. The molecule has 0 N–H and O–H groups in total. The van der Waals surface area contributed by atoms with Crippen LogP contribution < -0.4 is 15.0 Å². The molecule has 0 saturated carbocycles. The highest BCUT2D eigenvalue weighted by atomic mass is 16.6. The number of rotatable bonds is 3. The van der Waals surface area contributed by atoms with Crippen molar-refractivity contribution in [2.24, 2.45) is 7.05 Å². The Bertz CT molecular complexity index is 1170. The number of benzene rings is 1. The van der Waals surface area contributed by atoms with Crippen LogP contribution in [0.5, 0.6) is 11.5 Å². The first-order valence-corrected chi connectivity index (χ1v) is 10.0. The van der Waals surface area contributed by atoms with Gasteiger partial charge in [-0.3, -0.25) is 18.8 Å². The van der Waals surface area contributed by atoms with Gasteiger partial charge in [-0.05, 0) is 25.0 Å². The number of hydrogen-bond donors (Lipinski definition) is 0. The molecule has 1 aromatic carbocycles. The Morgan fingerprint density at radius 2 is 2.00 bits per heavy atom. The number of aromatic nitrogens is 3. The molecule has 30 heavy (non-hydrogen) atoms. The third-order valence-electron chi connectivity index (χ3n) is 5.60. The standard InChI is InChI=1S/C22H22N4O4/c1-24-14-16(12-23-24)26-13-15(7-8-20(26)27)22(28)25-9-3-5-18(25)17-4-2-6-19-21(17)30-11-10-29-19/h2,4,6-8,12-14,18H,3,5,9-11H2,1H3. The Labute approximate surface area is 173 Å². The number of hydrogen-bond acceptors (Lipinski definition) is 5. The van der Waals surface area contributed by atoms with Gasteiger partial charge in [-0.2, -0.15) is 5.10 Å². The van der Waals surface area contributed by atoms with E-state index in [0.717, 1.165) is 29.9 Å². The molecule has 4 heterocycles. The van der Waals surface area contributed by atoms with Gasteiger partial charge in [-0.25, -0.2) is 0 Å². The van der Waals surface area contributed by atoms with E-state index in [1.165, 1.54) is 10.6 Å². The van der Waals surface area contributed by atoms with Gasteiger partial charge in [0, 0.05) is 37.6 Å². The summed E-state index contributed by atoms with van der Waals surface area (Å²) in [6.45, 7) is 1.68. The van der Waals surface area contributed by atoms with Crippen LogP contribution in [0.2, 0.25) is 0 Å². The third kappa shape index (κ3) is 3.14. The normalized spacial score (nSPS) is 17.9. The lowest BCUT2D eigenvalue weighted by Crippen LogP contribution is -2.32. The molecule has 8 heteroatoms. The fourth-order valence-corrected chi connectivity index (χ4v) is 4.21. The Morgan fingerprint density at radius 1 is 1.13 bits per heavy atom. The first kappa shape index (κ1) is 18.5. The molecule has 0 bridgehead atoms. The summed E-state index contributed by atoms with van der Waals surface area (Å²) in [5.41, 5.74) is 1.85. The second-order valence-electron chi connectivity index (χ2n) is 7.53. The predicted molar refractivity (Wildman–Crippen MR) is 109 cm³/mol. The SMILES string of the molecule is Cn1cc(-n2cc(C(=O)N3CCCC3c3cccc4c3OCCO4)ccc2=O)cn1. The van der Waals surface area contributed by atoms with Gasteiger partial charge in [0.2, 0.25) is 0 Å². The summed E-state index contributed by atoms with van der Waals surface area (Å²) >= 11 is 0. The second-order valence-corrected chi connectivity index (χ2v) is 7.53. The summed E-state index contributed by atoms with van der Waals surface area (Å²) in [5.74, 6) is 1.35. The topological polar surface area (TPSA) is 78.6 Å². The van der Waals surface area contributed by atoms with Gasteiger partial charge >= 0.3 is 0 Å². The number of pyridine rings is 1. The van der Waals surface area contributed by atoms with Gasteiger partial charge in [0.15, 0.2) is 11.5 Å². The monoisotopic (exact) mass is 406 g/mol. The molecular weight excluding hydrogens is 384 g/mol. The van der Waals surface area contributed by atoms with E-state index in [4.69, 9.17) is 9.47 Å². The molecule has 8 nitrogen and oxygen atoms in total. The minimum Gasteiger partial charge on any atom is -0.486 e. The molecule has 1 saturated heterocycles. The fourth-order valence-electron chi connectivity index (χ4n) is 4.21. The number of nitrogens with zero attached hydrogens (tertiary/aromatic N) is 4. The molecule has 2 aromatic heterocycles. The number of likely N-dealkylation sites (tertiary alicyclic amines) is 1. The van der Waals surface area contributed by atoms with Crippen molar-refractivity contribution in [3.05, 3.63) is 70.4 Å². The van der Waals surface area contributed by atoms with Crippen LogP contribution in [0.15, 0.2) is 53.7 Å². The molecule has 5 rings (SSSR count). The number of fused-ring (bicyclic) bond motifs is 1. The highest BCUT2D eigenvalue weighted by molar-refractivity contribution is 5.94. The van der Waals surface area contributed by atoms with Crippen LogP contribution >= 0.6 is 0 Å². The predicted octanol–water partition coefficient (Wildman–Crippen LogP) is 2.32. The van der Waals surface area contributed by atoms with Gasteiger partial charge in [-0.15, -0.1) is 0 Å². The second kappa shape index (κ2) is 7.37. The lowest BCUT2D eigenvalue weighted by atomic mass is 10.0. The molecule has 1 fully saturated rings. The lowest BCUT2D eigenvalue weighted by molar-refractivity contribution is 0.0730. The number of para-hydroxylation sites is 1. The molecule has 0 spiro atoms. The van der Waals surface area contributed by atoms with Crippen molar-refractivity contribution in [3.8, 4) is 17.2 Å². The molecule has 1 atom stereocenters. The zero-order valence-electron chi connectivity index (χ0n) is 16.7. The zero-order chi connectivity index (χ0) is 20.7. The van der Waals surface area contributed by atoms with Crippen LogP contribution in [0.25, 0.3) is 5.69 Å². The Balaban J connectivity index is 1.49. The maximum Gasteiger partial charge on any atom is 0.255 e. The van der Waals surface area contributed by atoms with E-state index >= 15 is 0 Å². The first-order chi connectivity index (χ1) is 14.6. The largest absolute Gasteiger partial charge is 0.486 e. The highest BCUT2D eigenvalue weighted by Crippen LogP contribution is 2.43. The van der Waals surface area contributed by atoms with Gasteiger partial charge < -0.3 is 14.4 Å². The molecule has 1 unspecified atom stereocenters. The molecule has 2 aliphatic rings. The van der Waals surface area contributed by atoms with E-state index in [-0.39, 0.29) is 17.5 Å². The molecule has 2 aliphatic heterocycles. The quantitative estimate of drug-likeness (QED) is 0.667. The minimum absolute atomic E-state index is 0.0899. The van der Waals surface area contributed by atoms with Crippen LogP contribution in [0.1, 0.15) is 34.8 Å². The van der Waals surface area contributed by atoms with Crippen LogP contribution in [0.3, 0.4) is 0 Å². The minimum atomic E-state index is -0.208. The molecular formula is C22H22N4O4. The Morgan fingerprint density at radius 3 is 2.83 bits per heavy atom. The highest BCUT2D eigenvalue weighted by Gasteiger charge is 2.34. The van der Waals surface area contributed by atoms with Crippen LogP contribution in [-0.4, -0.2) is 44.9 Å². The maximum absolute atomic E-state index is 13.4. The summed E-state index contributed by atoms with van der Waals surface area (Å²) in [7, 11) is 1.78. The van der Waals surface area contributed by atoms with Crippen molar-refractivity contribution in [2.45, 2.75) is 18.9 Å². The average molecular weight is 406 g/mol. The fraction of sp³-hybridized carbons (Fsp3) is 0.318. The molecule has 1 amide bonds.